The molecule has 0 aliphatic rings. The van der Waals surface area contributed by atoms with Crippen LogP contribution in [0.15, 0.2) is 28.1 Å². The van der Waals surface area contributed by atoms with Gasteiger partial charge in [0.2, 0.25) is 0 Å². The van der Waals surface area contributed by atoms with Crippen LogP contribution in [0.4, 0.5) is 5.82 Å². The van der Waals surface area contributed by atoms with Gasteiger partial charge in [-0.25, -0.2) is 9.97 Å². The molecule has 0 unspecified atom stereocenters. The zero-order chi connectivity index (χ0) is 15.8. The Morgan fingerprint density at radius 1 is 1.00 bits per heavy atom. The minimum absolute atomic E-state index is 0.111. The Kier molecular flexibility index (Phi) is 4.28. The van der Waals surface area contributed by atoms with Crippen molar-refractivity contribution in [2.24, 2.45) is 0 Å². The Morgan fingerprint density at radius 2 is 1.67 bits per heavy atom. The molecule has 0 atom stereocenters. The molecule has 0 aliphatic carbocycles. The van der Waals surface area contributed by atoms with Crippen LogP contribution in [-0.4, -0.2) is 9.97 Å². The number of hydrogen-bond acceptors (Lipinski definition) is 4. The van der Waals surface area contributed by atoms with Gasteiger partial charge in [-0.15, -0.1) is 0 Å². The van der Waals surface area contributed by atoms with Crippen LogP contribution < -0.4 is 5.73 Å². The van der Waals surface area contributed by atoms with Crippen LogP contribution in [0.1, 0.15) is 43.3 Å². The first kappa shape index (κ1) is 15.8. The third-order valence-electron chi connectivity index (χ3n) is 3.50. The topological polar surface area (TPSA) is 51.8 Å². The molecule has 1 heterocycles. The highest BCUT2D eigenvalue weighted by Crippen LogP contribution is 2.33. The lowest BCUT2D eigenvalue weighted by atomic mass is 9.95. The first-order valence-electron chi connectivity index (χ1n) is 7.08. The molecule has 0 spiro atoms. The minimum atomic E-state index is -0.111. The van der Waals surface area contributed by atoms with Gasteiger partial charge in [-0.05, 0) is 44.0 Å². The second-order valence-electron chi connectivity index (χ2n) is 6.46. The number of anilines is 1. The van der Waals surface area contributed by atoms with Crippen LogP contribution in [0.5, 0.6) is 0 Å². The lowest BCUT2D eigenvalue weighted by Gasteiger charge is -2.19. The molecule has 0 bridgehead atoms. The first-order chi connectivity index (χ1) is 9.68. The molecule has 21 heavy (non-hydrogen) atoms. The number of nitrogens with zero attached hydrogens (tertiary/aromatic N) is 2. The molecule has 2 aromatic rings. The third-order valence-corrected chi connectivity index (χ3v) is 4.58. The first-order valence-corrected chi connectivity index (χ1v) is 7.90. The van der Waals surface area contributed by atoms with Crippen molar-refractivity contribution in [3.05, 3.63) is 40.7 Å². The zero-order valence-electron chi connectivity index (χ0n) is 13.6. The molecule has 2 N–H and O–H groups in total. The summed E-state index contributed by atoms with van der Waals surface area (Å²) in [6.07, 6.45) is 0. The molecular formula is C17H23N3S. The lowest BCUT2D eigenvalue weighted by Crippen LogP contribution is -2.18. The fourth-order valence-corrected chi connectivity index (χ4v) is 2.82. The Labute approximate surface area is 131 Å². The van der Waals surface area contributed by atoms with Crippen LogP contribution in [0.25, 0.3) is 0 Å². The fraction of sp³-hybridized carbons (Fsp3) is 0.412. The van der Waals surface area contributed by atoms with E-state index in [9.17, 15) is 0 Å². The predicted octanol–water partition coefficient (Wildman–Crippen LogP) is 4.43. The number of nitrogen functional groups attached to an aromatic ring is 1. The molecule has 4 heteroatoms. The van der Waals surface area contributed by atoms with E-state index in [1.807, 2.05) is 6.92 Å². The van der Waals surface area contributed by atoms with Gasteiger partial charge in [0.1, 0.15) is 16.7 Å². The quantitative estimate of drug-likeness (QED) is 0.834. The van der Waals surface area contributed by atoms with Crippen LogP contribution >= 0.6 is 11.8 Å². The largest absolute Gasteiger partial charge is 0.383 e. The standard InChI is InChI=1S/C17H23N3S/c1-10-7-8-13(9-11(10)2)21-15-12(3)14(18)19-16(20-15)17(4,5)6/h7-9H,1-6H3,(H2,18,19,20). The van der Waals surface area contributed by atoms with Gasteiger partial charge in [0.15, 0.2) is 0 Å². The number of hydrogen-bond donors (Lipinski definition) is 1. The van der Waals surface area contributed by atoms with E-state index >= 15 is 0 Å². The molecule has 0 amide bonds. The van der Waals surface area contributed by atoms with Crippen molar-refractivity contribution in [1.29, 1.82) is 0 Å². The molecule has 1 aromatic carbocycles. The maximum atomic E-state index is 6.06. The van der Waals surface area contributed by atoms with Crippen molar-refractivity contribution in [1.82, 2.24) is 9.97 Å². The summed E-state index contributed by atoms with van der Waals surface area (Å²) in [7, 11) is 0. The Morgan fingerprint density at radius 3 is 2.24 bits per heavy atom. The van der Waals surface area contributed by atoms with Gasteiger partial charge in [0.05, 0.1) is 0 Å². The SMILES string of the molecule is Cc1ccc(Sc2nc(C(C)(C)C)nc(N)c2C)cc1C. The molecular weight excluding hydrogens is 278 g/mol. The van der Waals surface area contributed by atoms with E-state index in [4.69, 9.17) is 10.7 Å². The molecule has 0 aliphatic heterocycles. The van der Waals surface area contributed by atoms with E-state index in [-0.39, 0.29) is 5.41 Å². The molecule has 112 valence electrons. The van der Waals surface area contributed by atoms with Crippen LogP contribution in [-0.2, 0) is 5.41 Å². The third kappa shape index (κ3) is 3.56. The van der Waals surface area contributed by atoms with E-state index in [1.165, 1.54) is 16.0 Å². The zero-order valence-corrected chi connectivity index (χ0v) is 14.4. The number of nitrogens with two attached hydrogens (primary N) is 1. The molecule has 2 rings (SSSR count). The van der Waals surface area contributed by atoms with Crippen LogP contribution in [0.2, 0.25) is 0 Å². The molecule has 0 saturated carbocycles. The highest BCUT2D eigenvalue weighted by molar-refractivity contribution is 7.99. The summed E-state index contributed by atoms with van der Waals surface area (Å²) in [5.41, 5.74) is 9.49. The molecule has 0 saturated heterocycles. The monoisotopic (exact) mass is 301 g/mol. The maximum absolute atomic E-state index is 6.06. The van der Waals surface area contributed by atoms with Gasteiger partial charge in [0, 0.05) is 15.9 Å². The van der Waals surface area contributed by atoms with Crippen molar-refractivity contribution in [2.45, 2.75) is 56.9 Å². The fourth-order valence-electron chi connectivity index (χ4n) is 1.84. The summed E-state index contributed by atoms with van der Waals surface area (Å²) in [5, 5.41) is 0.940. The van der Waals surface area contributed by atoms with E-state index < -0.39 is 0 Å². The number of aromatic nitrogens is 2. The summed E-state index contributed by atoms with van der Waals surface area (Å²) in [6, 6.07) is 6.46. The summed E-state index contributed by atoms with van der Waals surface area (Å²) in [4.78, 5) is 10.3. The molecule has 3 nitrogen and oxygen atoms in total. The predicted molar refractivity (Wildman–Crippen MR) is 89.9 cm³/mol. The van der Waals surface area contributed by atoms with Crippen molar-refractivity contribution < 1.29 is 0 Å². The van der Waals surface area contributed by atoms with Crippen molar-refractivity contribution in [2.75, 3.05) is 5.73 Å². The highest BCUT2D eigenvalue weighted by Gasteiger charge is 2.20. The van der Waals surface area contributed by atoms with Crippen LogP contribution in [0.3, 0.4) is 0 Å². The van der Waals surface area contributed by atoms with Crippen molar-refractivity contribution in [3.63, 3.8) is 0 Å². The average Bonchev–Trinajstić information content (AvgIpc) is 2.38. The van der Waals surface area contributed by atoms with Crippen LogP contribution in [0, 0.1) is 20.8 Å². The summed E-state index contributed by atoms with van der Waals surface area (Å²) < 4.78 is 0. The van der Waals surface area contributed by atoms with Crippen molar-refractivity contribution in [3.8, 4) is 0 Å². The number of benzene rings is 1. The van der Waals surface area contributed by atoms with Gasteiger partial charge >= 0.3 is 0 Å². The van der Waals surface area contributed by atoms with Gasteiger partial charge in [-0.3, -0.25) is 0 Å². The summed E-state index contributed by atoms with van der Waals surface area (Å²) in [5.74, 6) is 1.36. The maximum Gasteiger partial charge on any atom is 0.137 e. The normalized spacial score (nSPS) is 11.7. The highest BCUT2D eigenvalue weighted by atomic mass is 32.2. The summed E-state index contributed by atoms with van der Waals surface area (Å²) >= 11 is 1.65. The number of rotatable bonds is 2. The van der Waals surface area contributed by atoms with E-state index in [1.54, 1.807) is 11.8 Å². The average molecular weight is 301 g/mol. The lowest BCUT2D eigenvalue weighted by molar-refractivity contribution is 0.538. The second kappa shape index (κ2) is 5.68. The van der Waals surface area contributed by atoms with Gasteiger partial charge < -0.3 is 5.73 Å². The van der Waals surface area contributed by atoms with E-state index in [2.05, 4.69) is 57.8 Å². The van der Waals surface area contributed by atoms with Gasteiger partial charge in [-0.1, -0.05) is 38.6 Å². The molecule has 0 fully saturated rings. The van der Waals surface area contributed by atoms with E-state index in [0.29, 0.717) is 5.82 Å². The smallest absolute Gasteiger partial charge is 0.137 e. The Balaban J connectivity index is 2.43. The van der Waals surface area contributed by atoms with E-state index in [0.717, 1.165) is 16.4 Å². The molecule has 0 radical (unpaired) electrons. The number of aryl methyl sites for hydroxylation is 2. The second-order valence-corrected chi connectivity index (χ2v) is 7.52. The Bertz CT molecular complexity index is 672. The van der Waals surface area contributed by atoms with Gasteiger partial charge in [-0.2, -0.15) is 0 Å². The van der Waals surface area contributed by atoms with Crippen molar-refractivity contribution >= 4 is 17.6 Å². The summed E-state index contributed by atoms with van der Waals surface area (Å²) in [6.45, 7) is 12.5. The Hall–Kier alpha value is -1.55. The minimum Gasteiger partial charge on any atom is -0.383 e. The molecule has 1 aromatic heterocycles. The van der Waals surface area contributed by atoms with Gasteiger partial charge in [0.25, 0.3) is 0 Å².